The smallest absolute Gasteiger partial charge is 0.305 e. The normalized spacial score (nSPS) is 21.6. The third-order valence-electron chi connectivity index (χ3n) is 18.7. The molecule has 0 saturated carbocycles. The highest BCUT2D eigenvalue weighted by Crippen LogP contribution is 2.27. The number of primary amides is 1. The lowest BCUT2D eigenvalue weighted by Crippen LogP contribution is -2.89. The maximum Gasteiger partial charge on any atom is 0.305 e. The minimum atomic E-state index is -1.98. The topological polar surface area (TPSA) is 521 Å². The molecule has 6 rings (SSSR count). The fraction of sp³-hybridized carbons (Fsp3) is 0.672. The predicted octanol–water partition coefficient (Wildman–Crippen LogP) is -5.30. The van der Waals surface area contributed by atoms with Crippen molar-refractivity contribution < 1.29 is 92.6 Å². The molecular formula is C64H99N16O18+. The monoisotopic (exact) mass is 1380 g/mol. The number of carboxylic acids is 2. The van der Waals surface area contributed by atoms with Gasteiger partial charge < -0.3 is 99.4 Å². The molecule has 5 aliphatic heterocycles. The van der Waals surface area contributed by atoms with E-state index in [9.17, 15) is 87.2 Å². The van der Waals surface area contributed by atoms with Gasteiger partial charge in [-0.2, -0.15) is 0 Å². The Morgan fingerprint density at radius 3 is 1.57 bits per heavy atom. The van der Waals surface area contributed by atoms with E-state index in [1.807, 2.05) is 5.32 Å². The molecule has 5 heterocycles. The number of aldehydes is 1. The van der Waals surface area contributed by atoms with Crippen molar-refractivity contribution in [3.63, 3.8) is 0 Å². The van der Waals surface area contributed by atoms with Crippen LogP contribution in [-0.4, -0.2) is 242 Å². The number of phenolic OH excluding ortho intramolecular Hbond substituents is 1. The van der Waals surface area contributed by atoms with Gasteiger partial charge in [-0.25, -0.2) is 0 Å². The van der Waals surface area contributed by atoms with Crippen LogP contribution < -0.4 is 65.1 Å². The van der Waals surface area contributed by atoms with Gasteiger partial charge in [0.1, 0.15) is 78.7 Å². The fourth-order valence-corrected chi connectivity index (χ4v) is 13.2. The summed E-state index contributed by atoms with van der Waals surface area (Å²) in [6.45, 7) is 8.38. The molecule has 98 heavy (non-hydrogen) atoms. The van der Waals surface area contributed by atoms with E-state index in [0.717, 1.165) is 22.8 Å². The number of carbonyl (C=O) groups excluding carboxylic acids is 13. The van der Waals surface area contributed by atoms with Gasteiger partial charge in [0.15, 0.2) is 6.04 Å². The molecule has 19 N–H and O–H groups in total. The van der Waals surface area contributed by atoms with Crippen molar-refractivity contribution in [1.82, 2.24) is 62.1 Å². The average molecular weight is 1380 g/mol. The first kappa shape index (κ1) is 78.1. The molecule has 0 spiro atoms. The van der Waals surface area contributed by atoms with Crippen molar-refractivity contribution in [3.05, 3.63) is 29.8 Å². The van der Waals surface area contributed by atoms with Crippen molar-refractivity contribution in [1.29, 1.82) is 0 Å². The van der Waals surface area contributed by atoms with Crippen LogP contribution in [0.4, 0.5) is 0 Å². The Morgan fingerprint density at radius 2 is 1.07 bits per heavy atom. The number of nitrogens with two attached hydrogens (primary N) is 4. The lowest BCUT2D eigenvalue weighted by atomic mass is 9.97. The predicted molar refractivity (Wildman–Crippen MR) is 347 cm³/mol. The molecule has 34 heteroatoms. The Morgan fingerprint density at radius 1 is 0.571 bits per heavy atom. The quantitative estimate of drug-likeness (QED) is 0.0170. The number of quaternary nitrogens is 1. The summed E-state index contributed by atoms with van der Waals surface area (Å²) in [4.78, 5) is 211. The summed E-state index contributed by atoms with van der Waals surface area (Å²) in [5, 5.41) is 52.8. The minimum Gasteiger partial charge on any atom is -0.508 e. The molecule has 5 saturated heterocycles. The van der Waals surface area contributed by atoms with E-state index in [1.165, 1.54) is 29.2 Å². The second-order valence-corrected chi connectivity index (χ2v) is 26.3. The van der Waals surface area contributed by atoms with E-state index >= 15 is 0 Å². The molecule has 542 valence electrons. The fourth-order valence-electron chi connectivity index (χ4n) is 13.2. The number of nitrogens with zero attached hydrogens (tertiary/aromatic N) is 4. The molecule has 0 aromatic heterocycles. The first-order chi connectivity index (χ1) is 46.5. The van der Waals surface area contributed by atoms with Gasteiger partial charge in [0.05, 0.1) is 25.4 Å². The number of carbonyl (C=O) groups is 15. The van der Waals surface area contributed by atoms with Gasteiger partial charge in [-0.15, -0.1) is 0 Å². The van der Waals surface area contributed by atoms with Gasteiger partial charge in [0.2, 0.25) is 65.0 Å². The molecule has 5 fully saturated rings. The van der Waals surface area contributed by atoms with Crippen LogP contribution in [0.25, 0.3) is 0 Å². The van der Waals surface area contributed by atoms with Gasteiger partial charge in [-0.1, -0.05) is 46.2 Å². The van der Waals surface area contributed by atoms with Crippen molar-refractivity contribution in [3.8, 4) is 5.75 Å². The van der Waals surface area contributed by atoms with Crippen LogP contribution in [0.3, 0.4) is 0 Å². The van der Waals surface area contributed by atoms with E-state index in [-0.39, 0.29) is 75.9 Å². The Labute approximate surface area is 567 Å². The van der Waals surface area contributed by atoms with E-state index < -0.39 is 194 Å². The molecule has 1 aromatic carbocycles. The molecule has 0 bridgehead atoms. The molecule has 1 aromatic rings. The van der Waals surface area contributed by atoms with Crippen molar-refractivity contribution in [2.24, 2.45) is 29.0 Å². The average Bonchev–Trinajstić information content (AvgIpc) is 1.61. The molecule has 34 nitrogen and oxygen atoms in total. The number of hydrogen-bond donors (Lipinski definition) is 15. The lowest BCUT2D eigenvalue weighted by molar-refractivity contribution is -0.658. The molecule has 13 atom stereocenters. The number of rotatable bonds is 36. The zero-order valence-electron chi connectivity index (χ0n) is 56.1. The van der Waals surface area contributed by atoms with Crippen LogP contribution in [0.2, 0.25) is 0 Å². The first-order valence-electron chi connectivity index (χ1n) is 33.9. The van der Waals surface area contributed by atoms with Gasteiger partial charge in [-0.05, 0) is 107 Å². The molecule has 0 unspecified atom stereocenters. The summed E-state index contributed by atoms with van der Waals surface area (Å²) in [7, 11) is 0. The highest BCUT2D eigenvalue weighted by atomic mass is 16.4. The van der Waals surface area contributed by atoms with E-state index in [0.29, 0.717) is 63.5 Å². The second-order valence-electron chi connectivity index (χ2n) is 26.3. The summed E-state index contributed by atoms with van der Waals surface area (Å²) in [5.74, 6) is -13.9. The number of aliphatic carboxylic acids is 2. The maximum absolute atomic E-state index is 14.6. The number of aromatic hydroxyl groups is 1. The number of amides is 12. The van der Waals surface area contributed by atoms with Crippen molar-refractivity contribution in [2.75, 3.05) is 39.3 Å². The Bertz CT molecular complexity index is 3060. The largest absolute Gasteiger partial charge is 0.508 e. The van der Waals surface area contributed by atoms with Crippen LogP contribution in [0.15, 0.2) is 24.3 Å². The van der Waals surface area contributed by atoms with Crippen LogP contribution >= 0.6 is 0 Å². The summed E-state index contributed by atoms with van der Waals surface area (Å²) in [6.07, 6.45) is 0.794. The zero-order chi connectivity index (χ0) is 72.1. The molecule has 12 amide bonds. The number of carboxylic acid groups (broad SMARTS) is 2. The molecule has 0 aliphatic carbocycles. The van der Waals surface area contributed by atoms with Gasteiger partial charge in [0, 0.05) is 51.9 Å². The van der Waals surface area contributed by atoms with Gasteiger partial charge in [-0.3, -0.25) is 72.4 Å². The van der Waals surface area contributed by atoms with Crippen molar-refractivity contribution >= 4 is 89.1 Å². The second kappa shape index (κ2) is 37.2. The van der Waals surface area contributed by atoms with Gasteiger partial charge in [0.25, 0.3) is 5.91 Å². The third-order valence-corrected chi connectivity index (χ3v) is 18.7. The van der Waals surface area contributed by atoms with Crippen LogP contribution in [0.5, 0.6) is 5.75 Å². The number of hydrogen-bond acceptors (Lipinski definition) is 19. The Hall–Kier alpha value is -8.89. The molecule has 0 radical (unpaired) electrons. The highest BCUT2D eigenvalue weighted by Gasteiger charge is 2.47. The standard InChI is InChI=1S/C64H98N16O18/c1-5-35(4)52(59(94)70-37(33-81)12-6-25-69-64(66)67)76-58(93)47-17-10-27-78(47)61(96)40(22-23-49(84)85)71-53(88)41(30-36-18-20-38(82)21-19-36)72-54(89)42(32-50(86)87)73-55(90)44-14-8-28-79(44)62(97)43(31-48(65)83)74-56(91)45-15-11-29-80(45)63(98)51(34(2)3)75-57(92)46-16-9-26-77(46)60(95)39-13-7-24-68-39/h18-21,33-35,37,39-47,51-52,64,68-69,82H,5-17,22-32,66-67H2,1-4H3,(H2,65,83)(H,70,94)(H,71,88)(H,72,89)(H,73,90)(H,74,91)(H,75,92)(H,76,93)(H,84,85)(H,86,87)/p+1/t35-,37-,39-,40-,41-,42-,43-,44-,45-,46-,47-,51-,52-/m0/s1. The van der Waals surface area contributed by atoms with E-state index in [4.69, 9.17) is 17.2 Å². The minimum absolute atomic E-state index is 0.0476. The summed E-state index contributed by atoms with van der Waals surface area (Å²) in [6, 6.07) is -9.93. The highest BCUT2D eigenvalue weighted by molar-refractivity contribution is 6.01. The van der Waals surface area contributed by atoms with E-state index in [2.05, 4.69) is 42.5 Å². The third kappa shape index (κ3) is 21.8. The van der Waals surface area contributed by atoms with Crippen LogP contribution in [0, 0.1) is 11.8 Å². The molecule has 5 aliphatic rings. The Balaban J connectivity index is 1.15. The number of likely N-dealkylation sites (tertiary alicyclic amines) is 4. The maximum atomic E-state index is 14.6. The summed E-state index contributed by atoms with van der Waals surface area (Å²) >= 11 is 0. The van der Waals surface area contributed by atoms with Crippen molar-refractivity contribution in [2.45, 2.75) is 222 Å². The Kier molecular flexibility index (Phi) is 29.6. The van der Waals surface area contributed by atoms with E-state index in [1.54, 1.807) is 32.6 Å². The molecular weight excluding hydrogens is 1280 g/mol. The first-order valence-corrected chi connectivity index (χ1v) is 33.9. The number of nitrogens with one attached hydrogen (secondary N) is 8. The number of phenols is 1. The van der Waals surface area contributed by atoms with Crippen LogP contribution in [0.1, 0.15) is 142 Å². The summed E-state index contributed by atoms with van der Waals surface area (Å²) < 4.78 is 0. The van der Waals surface area contributed by atoms with Gasteiger partial charge >= 0.3 is 11.9 Å². The van der Waals surface area contributed by atoms with Crippen LogP contribution in [-0.2, 0) is 78.3 Å². The zero-order valence-corrected chi connectivity index (χ0v) is 56.1. The summed E-state index contributed by atoms with van der Waals surface area (Å²) in [5.41, 5.74) is 17.0. The SMILES string of the molecule is CC[C@H](C)[C@H](NC(=O)[C@@H]1CCCN1C(=O)[C@H](CCC(=O)O)NC(=O)[C@H](Cc1ccc(O)cc1)NC(=O)[C@H](CC(=O)O)NC(=O)[C@@H]1CCCN1C(=O)[C@H](CC(N)=O)NC(=O)[C@@H]1CCCN1C(=O)[C@@H](NC(=O)[C@@H]1CCCN1C(=O)[C@@H]1CCC[NH2+]1)C(C)C)C(=O)N[C@H](C=O)CCCNC(N)N. The number of benzene rings is 1. The lowest BCUT2D eigenvalue weighted by Gasteiger charge is -2.33.